The zero-order chi connectivity index (χ0) is 9.68. The van der Waals surface area contributed by atoms with E-state index in [0.717, 1.165) is 19.4 Å². The maximum absolute atomic E-state index is 5.85. The average molecular weight is 314 g/mol. The van der Waals surface area contributed by atoms with Gasteiger partial charge in [-0.1, -0.05) is 20.0 Å². The van der Waals surface area contributed by atoms with Crippen molar-refractivity contribution in [3.63, 3.8) is 0 Å². The SMILES string of the molecule is CCCOC(C1=[C-]CC=C1)[SiH](C)C.[Cl-].[Cl-].[Ti+3]. The van der Waals surface area contributed by atoms with Crippen molar-refractivity contribution in [2.75, 3.05) is 6.61 Å². The van der Waals surface area contributed by atoms with E-state index in [1.54, 1.807) is 0 Å². The second-order valence-corrected chi connectivity index (χ2v) is 6.87. The fraction of sp³-hybridized carbons (Fsp3) is 0.636. The molecule has 0 aromatic heterocycles. The summed E-state index contributed by atoms with van der Waals surface area (Å²) in [6, 6.07) is 0. The molecule has 0 heterocycles. The fourth-order valence-corrected chi connectivity index (χ4v) is 2.97. The van der Waals surface area contributed by atoms with Crippen molar-refractivity contribution in [1.29, 1.82) is 0 Å². The van der Waals surface area contributed by atoms with Crippen molar-refractivity contribution in [3.8, 4) is 0 Å². The quantitative estimate of drug-likeness (QED) is 0.378. The van der Waals surface area contributed by atoms with Gasteiger partial charge >= 0.3 is 21.7 Å². The Morgan fingerprint density at radius 1 is 1.44 bits per heavy atom. The molecule has 16 heavy (non-hydrogen) atoms. The molecule has 1 rings (SSSR count). The average Bonchev–Trinajstić information content (AvgIpc) is 2.57. The van der Waals surface area contributed by atoms with E-state index in [9.17, 15) is 0 Å². The summed E-state index contributed by atoms with van der Waals surface area (Å²) in [6.07, 6.45) is 9.78. The first-order valence-electron chi connectivity index (χ1n) is 5.14. The van der Waals surface area contributed by atoms with Gasteiger partial charge in [-0.25, -0.2) is 6.08 Å². The van der Waals surface area contributed by atoms with Gasteiger partial charge in [0.25, 0.3) is 0 Å². The first-order chi connectivity index (χ1) is 6.25. The number of allylic oxidation sites excluding steroid dienone is 2. The Bertz CT molecular complexity index is 220. The third-order valence-corrected chi connectivity index (χ3v) is 3.90. The van der Waals surface area contributed by atoms with Crippen LogP contribution in [0.1, 0.15) is 19.8 Å². The van der Waals surface area contributed by atoms with Crippen molar-refractivity contribution < 1.29 is 51.3 Å². The van der Waals surface area contributed by atoms with Gasteiger partial charge in [0.05, 0.1) is 8.80 Å². The molecule has 0 aliphatic heterocycles. The molecule has 0 aromatic carbocycles. The number of hydrogen-bond donors (Lipinski definition) is 0. The minimum atomic E-state index is -0.743. The van der Waals surface area contributed by atoms with Crippen LogP contribution in [0.5, 0.6) is 0 Å². The van der Waals surface area contributed by atoms with Crippen LogP contribution in [0, 0.1) is 6.08 Å². The molecule has 0 saturated heterocycles. The van der Waals surface area contributed by atoms with Gasteiger partial charge in [0.15, 0.2) is 0 Å². The summed E-state index contributed by atoms with van der Waals surface area (Å²) in [6.45, 7) is 7.71. The number of ether oxygens (including phenoxy) is 1. The Morgan fingerprint density at radius 2 is 2.06 bits per heavy atom. The molecule has 91 valence electrons. The van der Waals surface area contributed by atoms with Gasteiger partial charge in [-0.3, -0.25) is 6.08 Å². The molecule has 0 N–H and O–H groups in total. The van der Waals surface area contributed by atoms with E-state index in [2.05, 4.69) is 38.2 Å². The Hall–Kier alpha value is 0.951. The van der Waals surface area contributed by atoms with Crippen LogP contribution in [0.2, 0.25) is 13.1 Å². The Morgan fingerprint density at radius 3 is 2.44 bits per heavy atom. The van der Waals surface area contributed by atoms with Gasteiger partial charge < -0.3 is 29.6 Å². The largest absolute Gasteiger partial charge is 3.00 e. The third kappa shape index (κ3) is 7.31. The second-order valence-electron chi connectivity index (χ2n) is 3.77. The normalized spacial score (nSPS) is 14.6. The van der Waals surface area contributed by atoms with Crippen LogP contribution in [0.15, 0.2) is 17.7 Å². The van der Waals surface area contributed by atoms with Gasteiger partial charge in [0.2, 0.25) is 0 Å². The van der Waals surface area contributed by atoms with E-state index in [1.165, 1.54) is 5.57 Å². The molecule has 0 fully saturated rings. The van der Waals surface area contributed by atoms with E-state index in [0.29, 0.717) is 5.73 Å². The third-order valence-electron chi connectivity index (χ3n) is 2.14. The molecule has 0 saturated carbocycles. The standard InChI is InChI=1S/C11H19OSi.2ClH.Ti/c1-4-9-12-11(13(2)3)10-7-5-6-8-10;;;/h5,7,11,13H,4,6,9H2,1-3H3;2*1H;/q-1;;;+3/p-2. The topological polar surface area (TPSA) is 9.23 Å². The first kappa shape index (κ1) is 22.2. The molecule has 0 bridgehead atoms. The van der Waals surface area contributed by atoms with Crippen molar-refractivity contribution in [2.45, 2.75) is 38.6 Å². The van der Waals surface area contributed by atoms with Crippen molar-refractivity contribution >= 4 is 8.80 Å². The molecule has 1 aliphatic carbocycles. The van der Waals surface area contributed by atoms with Crippen LogP contribution in [0.25, 0.3) is 0 Å². The van der Waals surface area contributed by atoms with E-state index >= 15 is 0 Å². The van der Waals surface area contributed by atoms with Gasteiger partial charge in [0, 0.05) is 12.3 Å². The predicted molar refractivity (Wildman–Crippen MR) is 59.4 cm³/mol. The number of hydrogen-bond acceptors (Lipinski definition) is 1. The molecule has 0 aromatic rings. The zero-order valence-electron chi connectivity index (χ0n) is 10.1. The smallest absolute Gasteiger partial charge is 1.00 e. The summed E-state index contributed by atoms with van der Waals surface area (Å²) in [5, 5.41) is 0. The minimum Gasteiger partial charge on any atom is -1.00 e. The van der Waals surface area contributed by atoms with Crippen LogP contribution >= 0.6 is 0 Å². The van der Waals surface area contributed by atoms with Gasteiger partial charge in [-0.05, 0) is 6.42 Å². The minimum absolute atomic E-state index is 0. The van der Waals surface area contributed by atoms with Crippen LogP contribution in [-0.2, 0) is 26.5 Å². The summed E-state index contributed by atoms with van der Waals surface area (Å²) >= 11 is 0. The van der Waals surface area contributed by atoms with Crippen molar-refractivity contribution in [1.82, 2.24) is 0 Å². The Kier molecular flexibility index (Phi) is 17.2. The van der Waals surface area contributed by atoms with Crippen LogP contribution < -0.4 is 24.8 Å². The zero-order valence-corrected chi connectivity index (χ0v) is 14.3. The number of rotatable bonds is 5. The van der Waals surface area contributed by atoms with Crippen LogP contribution in [0.4, 0.5) is 0 Å². The summed E-state index contributed by atoms with van der Waals surface area (Å²) in [4.78, 5) is 0. The predicted octanol–water partition coefficient (Wildman–Crippen LogP) is -3.50. The fourth-order valence-electron chi connectivity index (χ4n) is 1.50. The summed E-state index contributed by atoms with van der Waals surface area (Å²) in [5.41, 5.74) is 1.69. The first-order valence-corrected chi connectivity index (χ1v) is 8.12. The van der Waals surface area contributed by atoms with Gasteiger partial charge in [-0.2, -0.15) is 11.6 Å². The van der Waals surface area contributed by atoms with E-state index in [1.807, 2.05) is 0 Å². The molecule has 1 aliphatic rings. The van der Waals surface area contributed by atoms with Crippen LogP contribution in [0.3, 0.4) is 0 Å². The van der Waals surface area contributed by atoms with Gasteiger partial charge in [-0.15, -0.1) is 6.42 Å². The summed E-state index contributed by atoms with van der Waals surface area (Å²) in [7, 11) is -0.743. The Balaban J connectivity index is -0.000000563. The summed E-state index contributed by atoms with van der Waals surface area (Å²) in [5.74, 6) is 0. The molecule has 1 unspecified atom stereocenters. The van der Waals surface area contributed by atoms with Gasteiger partial charge in [0.1, 0.15) is 0 Å². The summed E-state index contributed by atoms with van der Waals surface area (Å²) < 4.78 is 5.85. The van der Waals surface area contributed by atoms with E-state index < -0.39 is 8.80 Å². The molecule has 1 atom stereocenters. The Labute approximate surface area is 128 Å². The second kappa shape index (κ2) is 12.4. The molecule has 0 amide bonds. The molecular weight excluding hydrogens is 295 g/mol. The molecule has 1 nitrogen and oxygen atoms in total. The maximum atomic E-state index is 5.85. The van der Waals surface area contributed by atoms with E-state index in [-0.39, 0.29) is 46.5 Å². The molecule has 0 spiro atoms. The maximum Gasteiger partial charge on any atom is 3.00 e. The van der Waals surface area contributed by atoms with E-state index in [4.69, 9.17) is 4.74 Å². The van der Waals surface area contributed by atoms with Crippen molar-refractivity contribution in [3.05, 3.63) is 23.8 Å². The van der Waals surface area contributed by atoms with Crippen molar-refractivity contribution in [2.24, 2.45) is 0 Å². The molecule has 1 radical (unpaired) electrons. The monoisotopic (exact) mass is 313 g/mol. The molecule has 5 heteroatoms. The molecular formula is C11H19Cl2OSiTi. The van der Waals surface area contributed by atoms with Crippen LogP contribution in [-0.4, -0.2) is 21.1 Å². The number of halogens is 2.